The standard InChI is InChI=1S/C15H14O4/c1-18-11-6-8-12(9-7-11)19-10-15(17)13-4-2-3-5-14(13)16/h2-9,16H,10H2,1H3. The van der Waals surface area contributed by atoms with Gasteiger partial charge in [0.25, 0.3) is 0 Å². The number of hydrogen-bond donors (Lipinski definition) is 1. The monoisotopic (exact) mass is 258 g/mol. The summed E-state index contributed by atoms with van der Waals surface area (Å²) >= 11 is 0. The topological polar surface area (TPSA) is 55.8 Å². The molecule has 0 aliphatic carbocycles. The highest BCUT2D eigenvalue weighted by Gasteiger charge is 2.10. The molecule has 0 aliphatic heterocycles. The summed E-state index contributed by atoms with van der Waals surface area (Å²) in [5, 5.41) is 9.55. The molecule has 0 atom stereocenters. The predicted molar refractivity (Wildman–Crippen MR) is 70.9 cm³/mol. The SMILES string of the molecule is COc1ccc(OCC(=O)c2ccccc2O)cc1. The van der Waals surface area contributed by atoms with E-state index < -0.39 is 0 Å². The minimum atomic E-state index is -0.270. The van der Waals surface area contributed by atoms with Crippen LogP contribution in [0.25, 0.3) is 0 Å². The van der Waals surface area contributed by atoms with Crippen LogP contribution in [0, 0.1) is 0 Å². The van der Waals surface area contributed by atoms with Gasteiger partial charge in [-0.05, 0) is 36.4 Å². The van der Waals surface area contributed by atoms with Crippen LogP contribution < -0.4 is 9.47 Å². The Morgan fingerprint density at radius 3 is 2.32 bits per heavy atom. The Balaban J connectivity index is 1.98. The van der Waals surface area contributed by atoms with Crippen LogP contribution in [0.3, 0.4) is 0 Å². The molecule has 2 rings (SSSR count). The largest absolute Gasteiger partial charge is 0.507 e. The highest BCUT2D eigenvalue weighted by molar-refractivity contribution is 5.99. The molecule has 0 unspecified atom stereocenters. The lowest BCUT2D eigenvalue weighted by Crippen LogP contribution is -2.11. The summed E-state index contributed by atoms with van der Waals surface area (Å²) < 4.78 is 10.4. The second-order valence-corrected chi connectivity index (χ2v) is 3.90. The maximum atomic E-state index is 11.9. The van der Waals surface area contributed by atoms with Gasteiger partial charge in [0.2, 0.25) is 5.78 Å². The third kappa shape index (κ3) is 3.25. The van der Waals surface area contributed by atoms with Gasteiger partial charge in [-0.2, -0.15) is 0 Å². The molecule has 98 valence electrons. The van der Waals surface area contributed by atoms with E-state index in [9.17, 15) is 9.90 Å². The predicted octanol–water partition coefficient (Wildman–Crippen LogP) is 2.66. The van der Waals surface area contributed by atoms with Crippen LogP contribution in [0.2, 0.25) is 0 Å². The zero-order valence-electron chi connectivity index (χ0n) is 10.5. The number of Topliss-reactive ketones (excluding diaryl/α,β-unsaturated/α-hetero) is 1. The van der Waals surface area contributed by atoms with Crippen molar-refractivity contribution < 1.29 is 19.4 Å². The Kier molecular flexibility index (Phi) is 4.03. The first-order chi connectivity index (χ1) is 9.20. The molecule has 0 aliphatic rings. The lowest BCUT2D eigenvalue weighted by molar-refractivity contribution is 0.0919. The molecule has 19 heavy (non-hydrogen) atoms. The Hall–Kier alpha value is -2.49. The molecule has 2 aromatic rings. The van der Waals surface area contributed by atoms with Crippen LogP contribution in [0.5, 0.6) is 17.2 Å². The number of hydrogen-bond acceptors (Lipinski definition) is 4. The molecule has 0 radical (unpaired) electrons. The number of ether oxygens (including phenoxy) is 2. The molecule has 0 aromatic heterocycles. The molecule has 4 nitrogen and oxygen atoms in total. The number of methoxy groups -OCH3 is 1. The second kappa shape index (κ2) is 5.91. The first kappa shape index (κ1) is 13.0. The van der Waals surface area contributed by atoms with E-state index in [4.69, 9.17) is 9.47 Å². The van der Waals surface area contributed by atoms with Gasteiger partial charge in [0.05, 0.1) is 12.7 Å². The molecule has 0 fully saturated rings. The Morgan fingerprint density at radius 2 is 1.68 bits per heavy atom. The minimum absolute atomic E-state index is 0.0363. The van der Waals surface area contributed by atoms with Gasteiger partial charge in [0.1, 0.15) is 17.2 Å². The maximum absolute atomic E-state index is 11.9. The number of carbonyl (C=O) groups is 1. The number of aromatic hydroxyl groups is 1. The summed E-state index contributed by atoms with van der Waals surface area (Å²) in [6.45, 7) is -0.121. The third-order valence-corrected chi connectivity index (χ3v) is 2.63. The molecule has 0 spiro atoms. The molecule has 1 N–H and O–H groups in total. The van der Waals surface area contributed by atoms with Gasteiger partial charge < -0.3 is 14.6 Å². The fourth-order valence-corrected chi connectivity index (χ4v) is 1.61. The summed E-state index contributed by atoms with van der Waals surface area (Å²) in [7, 11) is 1.58. The van der Waals surface area contributed by atoms with Gasteiger partial charge in [-0.15, -0.1) is 0 Å². The van der Waals surface area contributed by atoms with Crippen molar-refractivity contribution >= 4 is 5.78 Å². The van der Waals surface area contributed by atoms with Crippen molar-refractivity contribution in [3.05, 3.63) is 54.1 Å². The van der Waals surface area contributed by atoms with E-state index in [0.29, 0.717) is 5.75 Å². The average Bonchev–Trinajstić information content (AvgIpc) is 2.46. The first-order valence-corrected chi connectivity index (χ1v) is 5.79. The van der Waals surface area contributed by atoms with Crippen LogP contribution in [0.15, 0.2) is 48.5 Å². The van der Waals surface area contributed by atoms with Crippen LogP contribution in [-0.2, 0) is 0 Å². The second-order valence-electron chi connectivity index (χ2n) is 3.90. The molecular formula is C15H14O4. The lowest BCUT2D eigenvalue weighted by atomic mass is 10.1. The normalized spacial score (nSPS) is 9.95. The molecule has 0 heterocycles. The van der Waals surface area contributed by atoms with E-state index in [-0.39, 0.29) is 23.7 Å². The molecule has 4 heteroatoms. The van der Waals surface area contributed by atoms with Crippen molar-refractivity contribution in [3.8, 4) is 17.2 Å². The lowest BCUT2D eigenvalue weighted by Gasteiger charge is -2.07. The van der Waals surface area contributed by atoms with Gasteiger partial charge >= 0.3 is 0 Å². The quantitative estimate of drug-likeness (QED) is 0.838. The number of rotatable bonds is 5. The van der Waals surface area contributed by atoms with Gasteiger partial charge in [-0.1, -0.05) is 12.1 Å². The minimum Gasteiger partial charge on any atom is -0.507 e. The van der Waals surface area contributed by atoms with Gasteiger partial charge in [0.15, 0.2) is 6.61 Å². The fraction of sp³-hybridized carbons (Fsp3) is 0.133. The third-order valence-electron chi connectivity index (χ3n) is 2.63. The Morgan fingerprint density at radius 1 is 1.05 bits per heavy atom. The van der Waals surface area contributed by atoms with Crippen LogP contribution in [0.4, 0.5) is 0 Å². The van der Waals surface area contributed by atoms with E-state index >= 15 is 0 Å². The van der Waals surface area contributed by atoms with Crippen molar-refractivity contribution in [1.82, 2.24) is 0 Å². The van der Waals surface area contributed by atoms with Crippen LogP contribution in [0.1, 0.15) is 10.4 Å². The van der Waals surface area contributed by atoms with Crippen LogP contribution >= 0.6 is 0 Å². The average molecular weight is 258 g/mol. The highest BCUT2D eigenvalue weighted by Crippen LogP contribution is 2.19. The highest BCUT2D eigenvalue weighted by atomic mass is 16.5. The summed E-state index contributed by atoms with van der Waals surface area (Å²) in [5.74, 6) is 0.990. The number of ketones is 1. The van der Waals surface area contributed by atoms with Crippen molar-refractivity contribution in [2.45, 2.75) is 0 Å². The summed E-state index contributed by atoms with van der Waals surface area (Å²) in [4.78, 5) is 11.9. The zero-order chi connectivity index (χ0) is 13.7. The molecule has 0 bridgehead atoms. The molecule has 0 saturated heterocycles. The van der Waals surface area contributed by atoms with Gasteiger partial charge in [-0.3, -0.25) is 4.79 Å². The van der Waals surface area contributed by atoms with Crippen molar-refractivity contribution in [3.63, 3.8) is 0 Å². The van der Waals surface area contributed by atoms with Gasteiger partial charge in [0, 0.05) is 0 Å². The smallest absolute Gasteiger partial charge is 0.203 e. The van der Waals surface area contributed by atoms with Gasteiger partial charge in [-0.25, -0.2) is 0 Å². The number of phenolic OH excluding ortho intramolecular Hbond substituents is 1. The first-order valence-electron chi connectivity index (χ1n) is 5.79. The fourth-order valence-electron chi connectivity index (χ4n) is 1.61. The van der Waals surface area contributed by atoms with E-state index in [2.05, 4.69) is 0 Å². The number of para-hydroxylation sites is 1. The summed E-state index contributed by atoms with van der Waals surface area (Å²) in [6, 6.07) is 13.3. The number of carbonyl (C=O) groups excluding carboxylic acids is 1. The maximum Gasteiger partial charge on any atom is 0.203 e. The van der Waals surface area contributed by atoms with Crippen molar-refractivity contribution in [2.75, 3.05) is 13.7 Å². The molecule has 2 aromatic carbocycles. The van der Waals surface area contributed by atoms with E-state index in [0.717, 1.165) is 5.75 Å². The van der Waals surface area contributed by atoms with Crippen LogP contribution in [-0.4, -0.2) is 24.6 Å². The van der Waals surface area contributed by atoms with Crippen molar-refractivity contribution in [2.24, 2.45) is 0 Å². The van der Waals surface area contributed by atoms with Crippen molar-refractivity contribution in [1.29, 1.82) is 0 Å². The molecule has 0 saturated carbocycles. The molecule has 0 amide bonds. The van der Waals surface area contributed by atoms with E-state index in [1.807, 2.05) is 0 Å². The zero-order valence-corrected chi connectivity index (χ0v) is 10.5. The Bertz CT molecular complexity index is 561. The number of benzene rings is 2. The summed E-state index contributed by atoms with van der Waals surface area (Å²) in [6.07, 6.45) is 0. The Labute approximate surface area is 111 Å². The van der Waals surface area contributed by atoms with E-state index in [1.165, 1.54) is 6.07 Å². The van der Waals surface area contributed by atoms with E-state index in [1.54, 1.807) is 49.6 Å². The summed E-state index contributed by atoms with van der Waals surface area (Å²) in [5.41, 5.74) is 0.260. The molecular weight excluding hydrogens is 244 g/mol. The number of phenols is 1.